The van der Waals surface area contributed by atoms with Crippen LogP contribution in [0, 0.1) is 0 Å². The van der Waals surface area contributed by atoms with Gasteiger partial charge in [-0.15, -0.1) is 0 Å². The average molecular weight is 418 g/mol. The van der Waals surface area contributed by atoms with Crippen LogP contribution < -0.4 is 16.0 Å². The molecule has 2 aromatic rings. The van der Waals surface area contributed by atoms with Crippen LogP contribution in [0.4, 0.5) is 16.2 Å². The highest BCUT2D eigenvalue weighted by molar-refractivity contribution is 6.30. The summed E-state index contributed by atoms with van der Waals surface area (Å²) in [6, 6.07) is 13.3. The van der Waals surface area contributed by atoms with Gasteiger partial charge in [0.1, 0.15) is 5.60 Å². The van der Waals surface area contributed by atoms with Gasteiger partial charge in [0.2, 0.25) is 5.91 Å². The standard InChI is InChI=1S/C21H24ClN3O4/c1-21(2,3)29-20(28)23-13-12-18(26)24-16-6-4-5-7-17(16)25-19(27)14-8-10-15(22)11-9-14/h4-11H,12-13H2,1-3H3,(H,23,28)(H,24,26)(H,25,27). The number of amides is 3. The molecule has 0 aromatic heterocycles. The molecule has 0 bridgehead atoms. The summed E-state index contributed by atoms with van der Waals surface area (Å²) >= 11 is 5.84. The molecule has 0 aliphatic heterocycles. The highest BCUT2D eigenvalue weighted by Crippen LogP contribution is 2.22. The normalized spacial score (nSPS) is 10.8. The fourth-order valence-electron chi connectivity index (χ4n) is 2.30. The van der Waals surface area contributed by atoms with Crippen LogP contribution in [-0.4, -0.2) is 30.1 Å². The zero-order chi connectivity index (χ0) is 21.4. The molecular weight excluding hydrogens is 394 g/mol. The Bertz CT molecular complexity index is 876. The van der Waals surface area contributed by atoms with Crippen molar-refractivity contribution in [1.82, 2.24) is 5.32 Å². The van der Waals surface area contributed by atoms with Crippen molar-refractivity contribution in [2.45, 2.75) is 32.8 Å². The maximum atomic E-state index is 12.4. The van der Waals surface area contributed by atoms with Gasteiger partial charge in [0.05, 0.1) is 11.4 Å². The second kappa shape index (κ2) is 9.93. The van der Waals surface area contributed by atoms with Crippen LogP contribution in [0.15, 0.2) is 48.5 Å². The minimum atomic E-state index is -0.604. The topological polar surface area (TPSA) is 96.5 Å². The molecule has 0 atom stereocenters. The van der Waals surface area contributed by atoms with Gasteiger partial charge in [0, 0.05) is 23.6 Å². The number of halogens is 1. The summed E-state index contributed by atoms with van der Waals surface area (Å²) in [5, 5.41) is 8.56. The summed E-state index contributed by atoms with van der Waals surface area (Å²) in [5.74, 6) is -0.635. The van der Waals surface area contributed by atoms with Gasteiger partial charge in [0.25, 0.3) is 5.91 Å². The van der Waals surface area contributed by atoms with Gasteiger partial charge in [-0.05, 0) is 57.2 Å². The van der Waals surface area contributed by atoms with Gasteiger partial charge in [-0.1, -0.05) is 23.7 Å². The number of ether oxygens (including phenoxy) is 1. The molecule has 8 heteroatoms. The molecule has 2 aromatic carbocycles. The van der Waals surface area contributed by atoms with Crippen LogP contribution in [0.25, 0.3) is 0 Å². The van der Waals surface area contributed by atoms with E-state index >= 15 is 0 Å². The summed E-state index contributed by atoms with van der Waals surface area (Å²) < 4.78 is 5.11. The molecule has 0 unspecified atom stereocenters. The van der Waals surface area contributed by atoms with E-state index in [1.165, 1.54) is 0 Å². The molecule has 0 aliphatic rings. The average Bonchev–Trinajstić information content (AvgIpc) is 2.62. The number of para-hydroxylation sites is 2. The van der Waals surface area contributed by atoms with Crippen molar-refractivity contribution >= 4 is 40.9 Å². The lowest BCUT2D eigenvalue weighted by Gasteiger charge is -2.19. The molecule has 0 aliphatic carbocycles. The van der Waals surface area contributed by atoms with Gasteiger partial charge in [-0.2, -0.15) is 0 Å². The predicted molar refractivity (Wildman–Crippen MR) is 113 cm³/mol. The van der Waals surface area contributed by atoms with Crippen LogP contribution in [0.5, 0.6) is 0 Å². The van der Waals surface area contributed by atoms with Gasteiger partial charge in [-0.3, -0.25) is 9.59 Å². The Hall–Kier alpha value is -3.06. The van der Waals surface area contributed by atoms with Crippen LogP contribution in [0.1, 0.15) is 37.6 Å². The number of hydrogen-bond acceptors (Lipinski definition) is 4. The molecule has 3 amide bonds. The number of rotatable bonds is 6. The van der Waals surface area contributed by atoms with Gasteiger partial charge >= 0.3 is 6.09 Å². The second-order valence-corrected chi connectivity index (χ2v) is 7.67. The first-order chi connectivity index (χ1) is 13.6. The Morgan fingerprint density at radius 1 is 0.931 bits per heavy atom. The number of carbonyl (C=O) groups is 3. The fourth-order valence-corrected chi connectivity index (χ4v) is 2.43. The van der Waals surface area contributed by atoms with E-state index in [-0.39, 0.29) is 24.8 Å². The van der Waals surface area contributed by atoms with E-state index in [4.69, 9.17) is 16.3 Å². The highest BCUT2D eigenvalue weighted by Gasteiger charge is 2.16. The molecule has 2 rings (SSSR count). The smallest absolute Gasteiger partial charge is 0.407 e. The first-order valence-electron chi connectivity index (χ1n) is 9.07. The highest BCUT2D eigenvalue weighted by atomic mass is 35.5. The largest absolute Gasteiger partial charge is 0.444 e. The minimum absolute atomic E-state index is 0.0543. The van der Waals surface area contributed by atoms with E-state index in [1.807, 2.05) is 0 Å². The molecule has 0 heterocycles. The number of nitrogens with one attached hydrogen (secondary N) is 3. The molecule has 7 nitrogen and oxygen atoms in total. The van der Waals surface area contributed by atoms with Crippen LogP contribution in [0.2, 0.25) is 5.02 Å². The van der Waals surface area contributed by atoms with E-state index in [9.17, 15) is 14.4 Å². The molecule has 0 saturated heterocycles. The maximum absolute atomic E-state index is 12.4. The van der Waals surface area contributed by atoms with Crippen molar-refractivity contribution in [1.29, 1.82) is 0 Å². The summed E-state index contributed by atoms with van der Waals surface area (Å²) in [4.78, 5) is 36.2. The Kier molecular flexibility index (Phi) is 7.61. The van der Waals surface area contributed by atoms with E-state index in [2.05, 4.69) is 16.0 Å². The van der Waals surface area contributed by atoms with Crippen LogP contribution in [0.3, 0.4) is 0 Å². The third-order valence-corrected chi connectivity index (χ3v) is 3.83. The zero-order valence-electron chi connectivity index (χ0n) is 16.5. The SMILES string of the molecule is CC(C)(C)OC(=O)NCCC(=O)Nc1ccccc1NC(=O)c1ccc(Cl)cc1. The molecule has 0 saturated carbocycles. The number of carbonyl (C=O) groups excluding carboxylic acids is 3. The van der Waals surface area contributed by atoms with Crippen molar-refractivity contribution in [3.8, 4) is 0 Å². The molecule has 29 heavy (non-hydrogen) atoms. The first kappa shape index (κ1) is 22.2. The van der Waals surface area contributed by atoms with Crippen LogP contribution in [-0.2, 0) is 9.53 Å². The van der Waals surface area contributed by atoms with Crippen molar-refractivity contribution in [3.05, 3.63) is 59.1 Å². The number of benzene rings is 2. The van der Waals surface area contributed by atoms with E-state index in [0.717, 1.165) is 0 Å². The lowest BCUT2D eigenvalue weighted by molar-refractivity contribution is -0.116. The van der Waals surface area contributed by atoms with E-state index in [0.29, 0.717) is 22.0 Å². The molecule has 0 radical (unpaired) electrons. The Morgan fingerprint density at radius 3 is 2.10 bits per heavy atom. The third-order valence-electron chi connectivity index (χ3n) is 3.58. The number of hydrogen-bond donors (Lipinski definition) is 3. The van der Waals surface area contributed by atoms with Gasteiger partial charge in [-0.25, -0.2) is 4.79 Å². The van der Waals surface area contributed by atoms with Crippen molar-refractivity contribution in [2.24, 2.45) is 0 Å². The van der Waals surface area contributed by atoms with Crippen LogP contribution >= 0.6 is 11.6 Å². The van der Waals surface area contributed by atoms with E-state index in [1.54, 1.807) is 69.3 Å². The van der Waals surface area contributed by atoms with E-state index < -0.39 is 11.7 Å². The Balaban J connectivity index is 1.91. The summed E-state index contributed by atoms with van der Waals surface area (Å²) in [6.07, 6.45) is -0.528. The van der Waals surface area contributed by atoms with Gasteiger partial charge in [0.15, 0.2) is 0 Å². The molecule has 0 fully saturated rings. The van der Waals surface area contributed by atoms with Gasteiger partial charge < -0.3 is 20.7 Å². The Labute approximate surface area is 174 Å². The third kappa shape index (κ3) is 7.83. The molecular formula is C21H24ClN3O4. The monoisotopic (exact) mass is 417 g/mol. The van der Waals surface area contributed by atoms with Crippen molar-refractivity contribution < 1.29 is 19.1 Å². The first-order valence-corrected chi connectivity index (χ1v) is 9.44. The molecule has 0 spiro atoms. The Morgan fingerprint density at radius 2 is 1.52 bits per heavy atom. The predicted octanol–water partition coefficient (Wildman–Crippen LogP) is 4.45. The van der Waals surface area contributed by atoms with Crippen molar-refractivity contribution in [3.63, 3.8) is 0 Å². The number of alkyl carbamates (subject to hydrolysis) is 1. The van der Waals surface area contributed by atoms with Crippen molar-refractivity contribution in [2.75, 3.05) is 17.2 Å². The lowest BCUT2D eigenvalue weighted by atomic mass is 10.2. The molecule has 3 N–H and O–H groups in total. The maximum Gasteiger partial charge on any atom is 0.407 e. The summed E-state index contributed by atoms with van der Waals surface area (Å²) in [5.41, 5.74) is 0.753. The second-order valence-electron chi connectivity index (χ2n) is 7.23. The zero-order valence-corrected chi connectivity index (χ0v) is 17.3. The number of anilines is 2. The summed E-state index contributed by atoms with van der Waals surface area (Å²) in [7, 11) is 0. The minimum Gasteiger partial charge on any atom is -0.444 e. The molecule has 154 valence electrons. The lowest BCUT2D eigenvalue weighted by Crippen LogP contribution is -2.34. The quantitative estimate of drug-likeness (QED) is 0.647. The fraction of sp³-hybridized carbons (Fsp3) is 0.286. The summed E-state index contributed by atoms with van der Waals surface area (Å²) in [6.45, 7) is 5.40.